The highest BCUT2D eigenvalue weighted by molar-refractivity contribution is 7.09. The van der Waals surface area contributed by atoms with Crippen molar-refractivity contribution in [2.24, 2.45) is 0 Å². The first-order valence-electron chi connectivity index (χ1n) is 10.9. The van der Waals surface area contributed by atoms with E-state index < -0.39 is 0 Å². The maximum Gasteiger partial charge on any atom is 0.322 e. The molecule has 0 radical (unpaired) electrons. The zero-order chi connectivity index (χ0) is 23.5. The average molecular weight is 468 g/mol. The number of aryl methyl sites for hydroxylation is 1. The van der Waals surface area contributed by atoms with Gasteiger partial charge in [0, 0.05) is 49.6 Å². The zero-order valence-electron chi connectivity index (χ0n) is 18.9. The summed E-state index contributed by atoms with van der Waals surface area (Å²) in [6.07, 6.45) is 3.20. The highest BCUT2D eigenvalue weighted by Gasteiger charge is 2.18. The van der Waals surface area contributed by atoms with Gasteiger partial charge in [-0.25, -0.2) is 9.78 Å². The number of benzene rings is 1. The second-order valence-electron chi connectivity index (χ2n) is 7.31. The van der Waals surface area contributed by atoms with Crippen LogP contribution >= 0.6 is 11.3 Å². The molecule has 33 heavy (non-hydrogen) atoms. The van der Waals surface area contributed by atoms with Crippen LogP contribution in [-0.2, 0) is 24.1 Å². The number of rotatable bonds is 11. The Hall–Kier alpha value is -3.30. The molecule has 3 rings (SSSR count). The molecular formula is C24H29N5O3S. The summed E-state index contributed by atoms with van der Waals surface area (Å²) in [6.45, 7) is 3.61. The number of nitrogens with zero attached hydrogens (tertiary/aromatic N) is 3. The molecule has 0 unspecified atom stereocenters. The van der Waals surface area contributed by atoms with Crippen LogP contribution in [0.5, 0.6) is 0 Å². The fourth-order valence-corrected chi connectivity index (χ4v) is 3.98. The first-order chi connectivity index (χ1) is 16.1. The van der Waals surface area contributed by atoms with E-state index in [1.807, 2.05) is 49.4 Å². The number of urea groups is 1. The first kappa shape index (κ1) is 24.3. The van der Waals surface area contributed by atoms with E-state index in [0.29, 0.717) is 36.8 Å². The average Bonchev–Trinajstić information content (AvgIpc) is 3.31. The molecule has 9 heteroatoms. The van der Waals surface area contributed by atoms with Crippen LogP contribution in [0.2, 0.25) is 0 Å². The smallest absolute Gasteiger partial charge is 0.322 e. The molecular weight excluding hydrogens is 438 g/mol. The molecule has 0 atom stereocenters. The Morgan fingerprint density at radius 1 is 1.15 bits per heavy atom. The van der Waals surface area contributed by atoms with Crippen molar-refractivity contribution in [3.63, 3.8) is 0 Å². The quantitative estimate of drug-likeness (QED) is 0.448. The van der Waals surface area contributed by atoms with Crippen LogP contribution in [0.1, 0.15) is 33.7 Å². The third-order valence-corrected chi connectivity index (χ3v) is 5.83. The van der Waals surface area contributed by atoms with Gasteiger partial charge >= 0.3 is 6.03 Å². The van der Waals surface area contributed by atoms with E-state index >= 15 is 0 Å². The Morgan fingerprint density at radius 2 is 1.97 bits per heavy atom. The second kappa shape index (κ2) is 12.7. The summed E-state index contributed by atoms with van der Waals surface area (Å²) in [7, 11) is 1.60. The van der Waals surface area contributed by atoms with Gasteiger partial charge in [-0.05, 0) is 30.2 Å². The van der Waals surface area contributed by atoms with Gasteiger partial charge in [-0.3, -0.25) is 9.78 Å². The SMILES string of the molecule is CCc1ccccc1NC(=O)N(CCOC)Cc1nc(C(=O)NCCc2ccccn2)cs1. The number of pyridine rings is 1. The second-order valence-corrected chi connectivity index (χ2v) is 8.25. The number of ether oxygens (including phenoxy) is 1. The molecule has 2 heterocycles. The lowest BCUT2D eigenvalue weighted by Crippen LogP contribution is -2.37. The zero-order valence-corrected chi connectivity index (χ0v) is 19.7. The van der Waals surface area contributed by atoms with E-state index in [1.54, 1.807) is 23.6 Å². The van der Waals surface area contributed by atoms with E-state index in [2.05, 4.69) is 20.6 Å². The van der Waals surface area contributed by atoms with Gasteiger partial charge in [0.15, 0.2) is 0 Å². The van der Waals surface area contributed by atoms with Crippen LogP contribution in [0.15, 0.2) is 54.0 Å². The van der Waals surface area contributed by atoms with Crippen molar-refractivity contribution in [3.05, 3.63) is 76.0 Å². The maximum atomic E-state index is 13.0. The Kier molecular flexibility index (Phi) is 9.34. The number of carbonyl (C=O) groups is 2. The van der Waals surface area contributed by atoms with Gasteiger partial charge in [-0.2, -0.15) is 0 Å². The van der Waals surface area contributed by atoms with Crippen molar-refractivity contribution >= 4 is 29.0 Å². The summed E-state index contributed by atoms with van der Waals surface area (Å²) >= 11 is 1.35. The maximum absolute atomic E-state index is 13.0. The molecule has 174 valence electrons. The number of para-hydroxylation sites is 1. The van der Waals surface area contributed by atoms with Crippen molar-refractivity contribution in [3.8, 4) is 0 Å². The lowest BCUT2D eigenvalue weighted by atomic mass is 10.1. The number of nitrogens with one attached hydrogen (secondary N) is 2. The summed E-state index contributed by atoms with van der Waals surface area (Å²) in [5.41, 5.74) is 3.12. The normalized spacial score (nSPS) is 10.6. The van der Waals surface area contributed by atoms with E-state index in [1.165, 1.54) is 11.3 Å². The lowest BCUT2D eigenvalue weighted by molar-refractivity contribution is 0.0949. The van der Waals surface area contributed by atoms with Crippen molar-refractivity contribution in [2.75, 3.05) is 32.1 Å². The lowest BCUT2D eigenvalue weighted by Gasteiger charge is -2.22. The highest BCUT2D eigenvalue weighted by atomic mass is 32.1. The third-order valence-electron chi connectivity index (χ3n) is 5.00. The fraction of sp³-hybridized carbons (Fsp3) is 0.333. The molecule has 3 amide bonds. The Morgan fingerprint density at radius 3 is 2.73 bits per heavy atom. The van der Waals surface area contributed by atoms with Crippen LogP contribution < -0.4 is 10.6 Å². The summed E-state index contributed by atoms with van der Waals surface area (Å²) < 4.78 is 5.17. The minimum Gasteiger partial charge on any atom is -0.383 e. The standard InChI is InChI=1S/C24H29N5O3S/c1-3-18-8-4-5-10-20(18)28-24(31)29(14-15-32-2)16-22-27-21(17-33-22)23(30)26-13-11-19-9-6-7-12-25-19/h4-10,12,17H,3,11,13-16H2,1-2H3,(H,26,30)(H,28,31). The predicted octanol–water partition coefficient (Wildman–Crippen LogP) is 3.75. The largest absolute Gasteiger partial charge is 0.383 e. The van der Waals surface area contributed by atoms with Crippen LogP contribution in [0.4, 0.5) is 10.5 Å². The molecule has 0 aliphatic carbocycles. The highest BCUT2D eigenvalue weighted by Crippen LogP contribution is 2.18. The molecule has 8 nitrogen and oxygen atoms in total. The molecule has 0 saturated carbocycles. The Bertz CT molecular complexity index is 1040. The number of anilines is 1. The van der Waals surface area contributed by atoms with Crippen molar-refractivity contribution < 1.29 is 14.3 Å². The molecule has 3 aromatic rings. The van der Waals surface area contributed by atoms with Crippen LogP contribution in [0.3, 0.4) is 0 Å². The van der Waals surface area contributed by atoms with Gasteiger partial charge in [0.1, 0.15) is 10.7 Å². The molecule has 0 bridgehead atoms. The molecule has 2 N–H and O–H groups in total. The summed E-state index contributed by atoms with van der Waals surface area (Å²) in [5.74, 6) is -0.238. The molecule has 2 aromatic heterocycles. The molecule has 0 aliphatic heterocycles. The summed E-state index contributed by atoms with van der Waals surface area (Å²) in [4.78, 5) is 35.7. The molecule has 0 fully saturated rings. The molecule has 1 aromatic carbocycles. The number of carbonyl (C=O) groups excluding carboxylic acids is 2. The number of amides is 3. The van der Waals surface area contributed by atoms with Gasteiger partial charge in [-0.1, -0.05) is 31.2 Å². The van der Waals surface area contributed by atoms with Crippen LogP contribution in [0, 0.1) is 0 Å². The minimum absolute atomic E-state index is 0.232. The van der Waals surface area contributed by atoms with Gasteiger partial charge in [0.25, 0.3) is 5.91 Å². The van der Waals surface area contributed by atoms with Crippen molar-refractivity contribution in [2.45, 2.75) is 26.3 Å². The minimum atomic E-state index is -0.238. The summed E-state index contributed by atoms with van der Waals surface area (Å²) in [6, 6.07) is 13.2. The third kappa shape index (κ3) is 7.37. The first-order valence-corrected chi connectivity index (χ1v) is 11.7. The summed E-state index contributed by atoms with van der Waals surface area (Å²) in [5, 5.41) is 8.25. The molecule has 0 saturated heterocycles. The number of hydrogen-bond acceptors (Lipinski definition) is 6. The van der Waals surface area contributed by atoms with E-state index in [9.17, 15) is 9.59 Å². The molecule has 0 spiro atoms. The monoisotopic (exact) mass is 467 g/mol. The van der Waals surface area contributed by atoms with E-state index in [4.69, 9.17) is 4.74 Å². The van der Waals surface area contributed by atoms with Gasteiger partial charge in [-0.15, -0.1) is 11.3 Å². The number of aromatic nitrogens is 2. The van der Waals surface area contributed by atoms with Crippen LogP contribution in [-0.4, -0.2) is 53.6 Å². The topological polar surface area (TPSA) is 96.5 Å². The van der Waals surface area contributed by atoms with Gasteiger partial charge < -0.3 is 20.3 Å². The van der Waals surface area contributed by atoms with Gasteiger partial charge in [0.2, 0.25) is 0 Å². The van der Waals surface area contributed by atoms with Crippen molar-refractivity contribution in [1.82, 2.24) is 20.2 Å². The van der Waals surface area contributed by atoms with E-state index in [-0.39, 0.29) is 18.5 Å². The Labute approximate surface area is 198 Å². The predicted molar refractivity (Wildman–Crippen MR) is 130 cm³/mol. The number of thiazole rings is 1. The van der Waals surface area contributed by atoms with Crippen molar-refractivity contribution in [1.29, 1.82) is 0 Å². The molecule has 0 aliphatic rings. The van der Waals surface area contributed by atoms with Crippen LogP contribution in [0.25, 0.3) is 0 Å². The Balaban J connectivity index is 1.59. The number of methoxy groups -OCH3 is 1. The number of hydrogen-bond donors (Lipinski definition) is 2. The fourth-order valence-electron chi connectivity index (χ4n) is 3.19. The van der Waals surface area contributed by atoms with E-state index in [0.717, 1.165) is 23.4 Å². The van der Waals surface area contributed by atoms with Gasteiger partial charge in [0.05, 0.1) is 13.2 Å².